The Kier molecular flexibility index (Phi) is 5.75. The van der Waals surface area contributed by atoms with E-state index in [0.717, 1.165) is 11.3 Å². The minimum absolute atomic E-state index is 0.0000257. The molecule has 1 heterocycles. The number of carboxylic acid groups (broad SMARTS) is 1. The minimum Gasteiger partial charge on any atom is -0.492 e. The van der Waals surface area contributed by atoms with Crippen molar-refractivity contribution in [1.82, 2.24) is 4.98 Å². The third-order valence-corrected chi connectivity index (χ3v) is 5.18. The van der Waals surface area contributed by atoms with Gasteiger partial charge in [0, 0.05) is 12.0 Å². The van der Waals surface area contributed by atoms with E-state index < -0.39 is 5.97 Å². The number of para-hydroxylation sites is 1. The van der Waals surface area contributed by atoms with E-state index in [-0.39, 0.29) is 23.1 Å². The Morgan fingerprint density at radius 3 is 2.47 bits per heavy atom. The van der Waals surface area contributed by atoms with Gasteiger partial charge in [0.15, 0.2) is 5.78 Å². The summed E-state index contributed by atoms with van der Waals surface area (Å²) in [7, 11) is 0. The molecule has 2 N–H and O–H groups in total. The van der Waals surface area contributed by atoms with Crippen molar-refractivity contribution in [2.75, 3.05) is 18.5 Å². The van der Waals surface area contributed by atoms with Crippen molar-refractivity contribution in [1.29, 1.82) is 0 Å². The van der Waals surface area contributed by atoms with Crippen LogP contribution in [0.1, 0.15) is 44.3 Å². The van der Waals surface area contributed by atoms with E-state index in [0.29, 0.717) is 37.3 Å². The molecule has 0 fully saturated rings. The van der Waals surface area contributed by atoms with Crippen molar-refractivity contribution in [3.8, 4) is 5.75 Å². The number of anilines is 1. The van der Waals surface area contributed by atoms with Crippen LogP contribution in [0.25, 0.3) is 0 Å². The van der Waals surface area contributed by atoms with Gasteiger partial charge < -0.3 is 15.2 Å². The fourth-order valence-electron chi connectivity index (χ4n) is 3.70. The number of ether oxygens (including phenoxy) is 1. The molecule has 0 saturated heterocycles. The first-order chi connectivity index (χ1) is 14.6. The summed E-state index contributed by atoms with van der Waals surface area (Å²) in [5, 5.41) is 12.7. The first kappa shape index (κ1) is 19.6. The van der Waals surface area contributed by atoms with E-state index in [2.05, 4.69) is 10.3 Å². The number of fused-ring (bicyclic) bond motifs is 1. The number of aromatic carboxylic acids is 1. The molecule has 4 rings (SSSR count). The number of carboxylic acids is 1. The third-order valence-electron chi connectivity index (χ3n) is 5.18. The predicted molar refractivity (Wildman–Crippen MR) is 113 cm³/mol. The average Bonchev–Trinajstić information content (AvgIpc) is 2.77. The molecule has 152 valence electrons. The highest BCUT2D eigenvalue weighted by molar-refractivity contribution is 6.02. The molecule has 0 aliphatic heterocycles. The van der Waals surface area contributed by atoms with Crippen LogP contribution in [0.3, 0.4) is 0 Å². The lowest BCUT2D eigenvalue weighted by atomic mass is 9.81. The Labute approximate surface area is 174 Å². The molecule has 1 aliphatic carbocycles. The number of pyridine rings is 1. The standard InChI is InChI=1S/C24H22N2O4/c27-22-14-17(16-7-3-1-4-8-16)13-21-19(22)15-20(24(28)29)23(26-21)25-11-12-30-18-9-5-2-6-10-18/h1-10,15,17H,11-14H2,(H,25,26)(H,28,29). The summed E-state index contributed by atoms with van der Waals surface area (Å²) in [5.41, 5.74) is 2.13. The number of benzene rings is 2. The summed E-state index contributed by atoms with van der Waals surface area (Å²) in [6.45, 7) is 0.741. The van der Waals surface area contributed by atoms with Crippen LogP contribution in [0.4, 0.5) is 5.82 Å². The van der Waals surface area contributed by atoms with E-state index in [4.69, 9.17) is 4.74 Å². The molecule has 1 aliphatic rings. The SMILES string of the molecule is O=C1CC(c2ccccc2)Cc2nc(NCCOc3ccccc3)c(C(=O)O)cc21. The van der Waals surface area contributed by atoms with E-state index in [1.165, 1.54) is 6.07 Å². The number of hydrogen-bond donors (Lipinski definition) is 2. The zero-order chi connectivity index (χ0) is 20.9. The number of ketones is 1. The van der Waals surface area contributed by atoms with E-state index in [1.54, 1.807) is 0 Å². The minimum atomic E-state index is -1.12. The number of aromatic nitrogens is 1. The van der Waals surface area contributed by atoms with Gasteiger partial charge >= 0.3 is 5.97 Å². The molecule has 0 amide bonds. The molecule has 0 saturated carbocycles. The van der Waals surface area contributed by atoms with E-state index in [9.17, 15) is 14.7 Å². The lowest BCUT2D eigenvalue weighted by Crippen LogP contribution is -2.23. The molecule has 2 aromatic carbocycles. The highest BCUT2D eigenvalue weighted by Gasteiger charge is 2.29. The van der Waals surface area contributed by atoms with Gasteiger partial charge in [-0.25, -0.2) is 9.78 Å². The normalized spacial score (nSPS) is 15.3. The first-order valence-corrected chi connectivity index (χ1v) is 9.89. The molecule has 0 bridgehead atoms. The maximum absolute atomic E-state index is 12.7. The smallest absolute Gasteiger partial charge is 0.339 e. The number of nitrogens with zero attached hydrogens (tertiary/aromatic N) is 1. The Morgan fingerprint density at radius 2 is 1.77 bits per heavy atom. The van der Waals surface area contributed by atoms with Gasteiger partial charge in [-0.05, 0) is 36.1 Å². The lowest BCUT2D eigenvalue weighted by Gasteiger charge is -2.24. The highest BCUT2D eigenvalue weighted by Crippen LogP contribution is 2.33. The molecule has 3 aromatic rings. The molecule has 1 atom stereocenters. The van der Waals surface area contributed by atoms with Crippen LogP contribution in [-0.4, -0.2) is 35.0 Å². The fourth-order valence-corrected chi connectivity index (χ4v) is 3.70. The number of carbonyl (C=O) groups excluding carboxylic acids is 1. The maximum atomic E-state index is 12.7. The second-order valence-corrected chi connectivity index (χ2v) is 7.21. The van der Waals surface area contributed by atoms with Crippen LogP contribution in [0, 0.1) is 0 Å². The molecule has 6 heteroatoms. The topological polar surface area (TPSA) is 88.5 Å². The molecular weight excluding hydrogens is 380 g/mol. The second-order valence-electron chi connectivity index (χ2n) is 7.21. The first-order valence-electron chi connectivity index (χ1n) is 9.89. The van der Waals surface area contributed by atoms with Gasteiger partial charge in [-0.2, -0.15) is 0 Å². The fraction of sp³-hybridized carbons (Fsp3) is 0.208. The Morgan fingerprint density at radius 1 is 1.07 bits per heavy atom. The summed E-state index contributed by atoms with van der Waals surface area (Å²) in [5.74, 6) is -0.135. The maximum Gasteiger partial charge on any atom is 0.339 e. The van der Waals surface area contributed by atoms with Gasteiger partial charge in [0.25, 0.3) is 0 Å². The second kappa shape index (κ2) is 8.78. The van der Waals surface area contributed by atoms with Gasteiger partial charge in [0.1, 0.15) is 23.7 Å². The summed E-state index contributed by atoms with van der Waals surface area (Å²) < 4.78 is 5.64. The molecule has 1 aromatic heterocycles. The van der Waals surface area contributed by atoms with E-state index >= 15 is 0 Å². The summed E-state index contributed by atoms with van der Waals surface area (Å²) in [4.78, 5) is 29.0. The number of rotatable bonds is 7. The van der Waals surface area contributed by atoms with Crippen LogP contribution in [0.15, 0.2) is 66.7 Å². The van der Waals surface area contributed by atoms with Gasteiger partial charge in [0.2, 0.25) is 0 Å². The molecule has 6 nitrogen and oxygen atoms in total. The Balaban J connectivity index is 1.52. The summed E-state index contributed by atoms with van der Waals surface area (Å²) in [6, 6.07) is 20.7. The summed E-state index contributed by atoms with van der Waals surface area (Å²) in [6.07, 6.45) is 0.954. The van der Waals surface area contributed by atoms with Crippen molar-refractivity contribution in [3.63, 3.8) is 0 Å². The van der Waals surface area contributed by atoms with Crippen molar-refractivity contribution < 1.29 is 19.4 Å². The van der Waals surface area contributed by atoms with Gasteiger partial charge in [-0.1, -0.05) is 48.5 Å². The monoisotopic (exact) mass is 402 g/mol. The average molecular weight is 402 g/mol. The van der Waals surface area contributed by atoms with Crippen LogP contribution < -0.4 is 10.1 Å². The van der Waals surface area contributed by atoms with Gasteiger partial charge in [-0.15, -0.1) is 0 Å². The Bertz CT molecular complexity index is 1050. The van der Waals surface area contributed by atoms with Crippen LogP contribution in [0.5, 0.6) is 5.75 Å². The van der Waals surface area contributed by atoms with Crippen molar-refractivity contribution in [2.45, 2.75) is 18.8 Å². The number of Topliss-reactive ketones (excluding diaryl/α,β-unsaturated/α-hetero) is 1. The third kappa shape index (κ3) is 4.33. The molecular formula is C24H22N2O4. The predicted octanol–water partition coefficient (Wildman–Crippen LogP) is 4.18. The van der Waals surface area contributed by atoms with Gasteiger partial charge in [0.05, 0.1) is 12.2 Å². The molecule has 30 heavy (non-hydrogen) atoms. The quantitative estimate of drug-likeness (QED) is 0.576. The van der Waals surface area contributed by atoms with Crippen molar-refractivity contribution >= 4 is 17.6 Å². The largest absolute Gasteiger partial charge is 0.492 e. The summed E-state index contributed by atoms with van der Waals surface area (Å²) >= 11 is 0. The number of hydrogen-bond acceptors (Lipinski definition) is 5. The zero-order valence-electron chi connectivity index (χ0n) is 16.4. The van der Waals surface area contributed by atoms with Crippen LogP contribution in [0.2, 0.25) is 0 Å². The van der Waals surface area contributed by atoms with Gasteiger partial charge in [-0.3, -0.25) is 4.79 Å². The molecule has 0 spiro atoms. The molecule has 0 radical (unpaired) electrons. The Hall–Kier alpha value is -3.67. The molecule has 1 unspecified atom stereocenters. The van der Waals surface area contributed by atoms with Crippen molar-refractivity contribution in [3.05, 3.63) is 89.1 Å². The van der Waals surface area contributed by atoms with Crippen LogP contribution in [-0.2, 0) is 6.42 Å². The van der Waals surface area contributed by atoms with Crippen molar-refractivity contribution in [2.24, 2.45) is 0 Å². The zero-order valence-corrected chi connectivity index (χ0v) is 16.4. The highest BCUT2D eigenvalue weighted by atomic mass is 16.5. The number of nitrogens with one attached hydrogen (secondary N) is 1. The van der Waals surface area contributed by atoms with Crippen LogP contribution >= 0.6 is 0 Å². The number of carbonyl (C=O) groups is 2. The lowest BCUT2D eigenvalue weighted by molar-refractivity contribution is 0.0697. The van der Waals surface area contributed by atoms with E-state index in [1.807, 2.05) is 60.7 Å².